The van der Waals surface area contributed by atoms with Crippen LogP contribution in [0.2, 0.25) is 0 Å². The largest absolute Gasteiger partial charge is 0.335 e. The molecule has 0 atom stereocenters. The van der Waals surface area contributed by atoms with Crippen LogP contribution in [-0.4, -0.2) is 14.9 Å². The minimum absolute atomic E-state index is 0. The molecule has 0 fully saturated rings. The molecule has 11 heavy (non-hydrogen) atoms. The summed E-state index contributed by atoms with van der Waals surface area (Å²) in [4.78, 5) is 0. The molecule has 5 N–H and O–H groups in total. The zero-order valence-electron chi connectivity index (χ0n) is 6.11. The Bertz CT molecular complexity index is 199. The maximum atomic E-state index is 5.47. The van der Waals surface area contributed by atoms with Gasteiger partial charge in [0.25, 0.3) is 5.95 Å². The highest BCUT2D eigenvalue weighted by Crippen LogP contribution is 1.99. The van der Waals surface area contributed by atoms with Crippen LogP contribution in [0.5, 0.6) is 0 Å². The first kappa shape index (κ1) is 9.99. The van der Waals surface area contributed by atoms with E-state index in [4.69, 9.17) is 11.7 Å². The van der Waals surface area contributed by atoms with Crippen molar-refractivity contribution in [1.29, 1.82) is 0 Å². The van der Waals surface area contributed by atoms with Gasteiger partial charge in [0, 0.05) is 6.42 Å². The smallest absolute Gasteiger partial charge is 0.257 e. The van der Waals surface area contributed by atoms with Crippen LogP contribution in [0, 0.1) is 0 Å². The van der Waals surface area contributed by atoms with Crippen LogP contribution in [0.3, 0.4) is 0 Å². The third kappa shape index (κ3) is 1.72. The number of rotatable bonds is 2. The van der Waals surface area contributed by atoms with Crippen LogP contribution >= 0.6 is 12.4 Å². The molecule has 0 saturated carbocycles. The molecule has 0 aliphatic heterocycles. The van der Waals surface area contributed by atoms with E-state index < -0.39 is 0 Å². The minimum atomic E-state index is 0. The zero-order valence-corrected chi connectivity index (χ0v) is 6.93. The van der Waals surface area contributed by atoms with Crippen molar-refractivity contribution < 1.29 is 0 Å². The fourth-order valence-corrected chi connectivity index (χ4v) is 0.663. The summed E-state index contributed by atoms with van der Waals surface area (Å²) in [6.07, 6.45) is 0.741. The first-order chi connectivity index (χ1) is 4.79. The SMILES string of the molecule is CCc1nnc(NN)n1N.Cl. The third-order valence-corrected chi connectivity index (χ3v) is 1.21. The Morgan fingerprint density at radius 3 is 2.45 bits per heavy atom. The Kier molecular flexibility index (Phi) is 3.63. The normalized spacial score (nSPS) is 8.91. The molecule has 7 heteroatoms. The van der Waals surface area contributed by atoms with Gasteiger partial charge in [0.1, 0.15) is 0 Å². The van der Waals surface area contributed by atoms with Gasteiger partial charge in [0.2, 0.25) is 0 Å². The van der Waals surface area contributed by atoms with Crippen LogP contribution in [-0.2, 0) is 6.42 Å². The summed E-state index contributed by atoms with van der Waals surface area (Å²) in [6, 6.07) is 0. The number of nitrogens with one attached hydrogen (secondary N) is 1. The predicted octanol–water partition coefficient (Wildman–Crippen LogP) is -0.738. The first-order valence-electron chi connectivity index (χ1n) is 2.95. The number of aryl methyl sites for hydroxylation is 1. The Labute approximate surface area is 70.3 Å². The number of anilines is 1. The molecule has 0 aliphatic carbocycles. The van der Waals surface area contributed by atoms with Gasteiger partial charge >= 0.3 is 0 Å². The van der Waals surface area contributed by atoms with Gasteiger partial charge in [0.15, 0.2) is 5.82 Å². The Morgan fingerprint density at radius 2 is 2.18 bits per heavy atom. The van der Waals surface area contributed by atoms with E-state index in [1.807, 2.05) is 6.92 Å². The number of halogens is 1. The Balaban J connectivity index is 0.000001000. The zero-order chi connectivity index (χ0) is 7.56. The predicted molar refractivity (Wildman–Crippen MR) is 44.6 cm³/mol. The molecule has 0 unspecified atom stereocenters. The number of nitrogens with zero attached hydrogens (tertiary/aromatic N) is 3. The fraction of sp³-hybridized carbons (Fsp3) is 0.500. The van der Waals surface area contributed by atoms with Gasteiger partial charge in [-0.15, -0.1) is 22.6 Å². The number of nitrogen functional groups attached to an aromatic ring is 2. The van der Waals surface area contributed by atoms with Crippen molar-refractivity contribution in [3.05, 3.63) is 5.82 Å². The Hall–Kier alpha value is -1.01. The van der Waals surface area contributed by atoms with E-state index in [2.05, 4.69) is 15.6 Å². The number of aromatic nitrogens is 3. The molecule has 0 spiro atoms. The average molecular weight is 179 g/mol. The molecule has 0 bridgehead atoms. The van der Waals surface area contributed by atoms with Crippen molar-refractivity contribution in [2.24, 2.45) is 5.84 Å². The van der Waals surface area contributed by atoms with Crippen LogP contribution in [0.4, 0.5) is 5.95 Å². The van der Waals surface area contributed by atoms with Gasteiger partial charge in [-0.25, -0.2) is 10.5 Å². The van der Waals surface area contributed by atoms with Gasteiger partial charge in [-0.3, -0.25) is 5.43 Å². The van der Waals surface area contributed by atoms with Crippen LogP contribution in [0.15, 0.2) is 0 Å². The molecular formula is C4H11ClN6. The average Bonchev–Trinajstić information content (AvgIpc) is 2.30. The molecule has 1 heterocycles. The highest BCUT2D eigenvalue weighted by Gasteiger charge is 2.03. The topological polar surface area (TPSA) is 94.8 Å². The molecule has 1 aromatic heterocycles. The van der Waals surface area contributed by atoms with Gasteiger partial charge < -0.3 is 5.84 Å². The molecule has 0 saturated heterocycles. The molecule has 1 aromatic rings. The number of hydrazine groups is 1. The van der Waals surface area contributed by atoms with Crippen LogP contribution in [0.1, 0.15) is 12.7 Å². The van der Waals surface area contributed by atoms with E-state index in [1.165, 1.54) is 4.68 Å². The van der Waals surface area contributed by atoms with E-state index >= 15 is 0 Å². The second kappa shape index (κ2) is 3.99. The summed E-state index contributed by atoms with van der Waals surface area (Å²) >= 11 is 0. The summed E-state index contributed by atoms with van der Waals surface area (Å²) in [6.45, 7) is 1.94. The van der Waals surface area contributed by atoms with E-state index in [1.54, 1.807) is 0 Å². The summed E-state index contributed by atoms with van der Waals surface area (Å²) < 4.78 is 1.32. The van der Waals surface area contributed by atoms with E-state index in [0.717, 1.165) is 6.42 Å². The summed E-state index contributed by atoms with van der Waals surface area (Å²) in [5.41, 5.74) is 2.31. The van der Waals surface area contributed by atoms with Crippen molar-refractivity contribution in [3.8, 4) is 0 Å². The lowest BCUT2D eigenvalue weighted by Crippen LogP contribution is -2.19. The summed E-state index contributed by atoms with van der Waals surface area (Å²) in [5.74, 6) is 11.6. The second-order valence-electron chi connectivity index (χ2n) is 1.81. The second-order valence-corrected chi connectivity index (χ2v) is 1.81. The number of hydrogen-bond donors (Lipinski definition) is 3. The maximum Gasteiger partial charge on any atom is 0.257 e. The minimum Gasteiger partial charge on any atom is -0.335 e. The number of nitrogens with two attached hydrogens (primary N) is 2. The monoisotopic (exact) mass is 178 g/mol. The van der Waals surface area contributed by atoms with Crippen molar-refractivity contribution in [3.63, 3.8) is 0 Å². The lowest BCUT2D eigenvalue weighted by atomic mass is 10.5. The fourth-order valence-electron chi connectivity index (χ4n) is 0.663. The lowest BCUT2D eigenvalue weighted by Gasteiger charge is -1.98. The first-order valence-corrected chi connectivity index (χ1v) is 2.95. The van der Waals surface area contributed by atoms with Gasteiger partial charge in [0.05, 0.1) is 0 Å². The van der Waals surface area contributed by atoms with Crippen molar-refractivity contribution in [2.75, 3.05) is 11.3 Å². The molecule has 64 valence electrons. The van der Waals surface area contributed by atoms with E-state index in [-0.39, 0.29) is 12.4 Å². The van der Waals surface area contributed by atoms with Crippen molar-refractivity contribution in [2.45, 2.75) is 13.3 Å². The van der Waals surface area contributed by atoms with Crippen molar-refractivity contribution in [1.82, 2.24) is 14.9 Å². The molecular weight excluding hydrogens is 168 g/mol. The maximum absolute atomic E-state index is 5.47. The molecule has 0 aromatic carbocycles. The standard InChI is InChI=1S/C4H10N6.ClH/c1-2-3-8-9-4(7-5)10(3)6;/h2,5-6H2,1H3,(H,7,9);1H. The quantitative estimate of drug-likeness (QED) is 0.410. The summed E-state index contributed by atoms with van der Waals surface area (Å²) in [7, 11) is 0. The Morgan fingerprint density at radius 1 is 1.55 bits per heavy atom. The molecule has 0 aliphatic rings. The summed E-state index contributed by atoms with van der Waals surface area (Å²) in [5, 5.41) is 7.41. The molecule has 0 radical (unpaired) electrons. The van der Waals surface area contributed by atoms with Crippen LogP contribution < -0.4 is 17.1 Å². The number of hydrogen-bond acceptors (Lipinski definition) is 5. The van der Waals surface area contributed by atoms with Gasteiger partial charge in [-0.1, -0.05) is 6.92 Å². The molecule has 6 nitrogen and oxygen atoms in total. The highest BCUT2D eigenvalue weighted by molar-refractivity contribution is 5.85. The van der Waals surface area contributed by atoms with E-state index in [0.29, 0.717) is 11.8 Å². The van der Waals surface area contributed by atoms with Gasteiger partial charge in [-0.2, -0.15) is 0 Å². The molecule has 0 amide bonds. The van der Waals surface area contributed by atoms with Gasteiger partial charge in [-0.05, 0) is 0 Å². The molecule has 1 rings (SSSR count). The highest BCUT2D eigenvalue weighted by atomic mass is 35.5. The van der Waals surface area contributed by atoms with E-state index in [9.17, 15) is 0 Å². The van der Waals surface area contributed by atoms with Crippen molar-refractivity contribution >= 4 is 18.4 Å². The lowest BCUT2D eigenvalue weighted by molar-refractivity contribution is 0.855. The van der Waals surface area contributed by atoms with Crippen LogP contribution in [0.25, 0.3) is 0 Å². The third-order valence-electron chi connectivity index (χ3n) is 1.21.